The Morgan fingerprint density at radius 3 is 1.88 bits per heavy atom. The Morgan fingerprint density at radius 1 is 0.923 bits per heavy atom. The van der Waals surface area contributed by atoms with Crippen molar-refractivity contribution in [2.24, 2.45) is 5.41 Å². The van der Waals surface area contributed by atoms with Crippen molar-refractivity contribution in [3.05, 3.63) is 0 Å². The summed E-state index contributed by atoms with van der Waals surface area (Å²) in [7, 11) is 0. The van der Waals surface area contributed by atoms with E-state index in [-0.39, 0.29) is 0 Å². The summed E-state index contributed by atoms with van der Waals surface area (Å²) in [5, 5.41) is 5.44. The van der Waals surface area contributed by atoms with E-state index >= 15 is 0 Å². The van der Waals surface area contributed by atoms with Crippen molar-refractivity contribution in [1.82, 2.24) is 5.32 Å². The minimum Gasteiger partial charge on any atom is -0.310 e. The summed E-state index contributed by atoms with van der Waals surface area (Å²) in [5.41, 5.74) is 0.536. The Balaban J connectivity index is 1.28. The molecule has 4 aliphatic heterocycles. The van der Waals surface area contributed by atoms with Gasteiger partial charge >= 0.3 is 0 Å². The third-order valence-electron chi connectivity index (χ3n) is 4.90. The molecule has 26 heavy (non-hydrogen) atoms. The molecule has 8 heteroatoms. The van der Waals surface area contributed by atoms with Gasteiger partial charge in [-0.05, 0) is 6.92 Å². The lowest BCUT2D eigenvalue weighted by molar-refractivity contribution is 0.515. The van der Waals surface area contributed by atoms with Crippen LogP contribution >= 0.6 is 82.3 Å². The molecular weight excluding hydrogens is 455 g/mol. The third kappa shape index (κ3) is 8.27. The second-order valence-electron chi connectivity index (χ2n) is 8.29. The number of thioether (sulfide) groups is 7. The smallest absolute Gasteiger partial charge is 0.0313 e. The highest BCUT2D eigenvalue weighted by Gasteiger charge is 2.40. The van der Waals surface area contributed by atoms with Crippen LogP contribution in [0.5, 0.6) is 0 Å². The molecule has 4 saturated heterocycles. The average molecular weight is 486 g/mol. The molecule has 0 radical (unpaired) electrons. The molecule has 1 N–H and O–H groups in total. The van der Waals surface area contributed by atoms with Gasteiger partial charge in [-0.1, -0.05) is 0 Å². The lowest BCUT2D eigenvalue weighted by Crippen LogP contribution is -2.34. The molecule has 150 valence electrons. The van der Waals surface area contributed by atoms with Crippen LogP contribution in [0.3, 0.4) is 0 Å². The van der Waals surface area contributed by atoms with Crippen molar-refractivity contribution in [3.8, 4) is 0 Å². The lowest BCUT2D eigenvalue weighted by Gasteiger charge is -2.33. The van der Waals surface area contributed by atoms with E-state index in [0.717, 1.165) is 16.5 Å². The van der Waals surface area contributed by atoms with Crippen molar-refractivity contribution in [2.45, 2.75) is 28.2 Å². The summed E-state index contributed by atoms with van der Waals surface area (Å²) in [6, 6.07) is 0.818. The topological polar surface area (TPSA) is 21.9 Å². The molecule has 0 aromatic carbocycles. The predicted molar refractivity (Wildman–Crippen MR) is 137 cm³/mol. The van der Waals surface area contributed by atoms with Crippen LogP contribution in [0.2, 0.25) is 0 Å². The second kappa shape index (κ2) is 10.1. The Morgan fingerprint density at radius 2 is 1.42 bits per heavy atom. The molecule has 3 unspecified atom stereocenters. The van der Waals surface area contributed by atoms with Gasteiger partial charge in [-0.25, -0.2) is 0 Å². The first-order chi connectivity index (χ1) is 12.6. The monoisotopic (exact) mass is 485 g/mol. The molecule has 5 atom stereocenters. The fraction of sp³-hybridized carbons (Fsp3) is 1.00. The van der Waals surface area contributed by atoms with Crippen molar-refractivity contribution in [3.63, 3.8) is 0 Å². The highest BCUT2D eigenvalue weighted by molar-refractivity contribution is 8.10. The van der Waals surface area contributed by atoms with Crippen LogP contribution < -0.4 is 5.32 Å². The van der Waals surface area contributed by atoms with Gasteiger partial charge in [0, 0.05) is 96.5 Å². The van der Waals surface area contributed by atoms with E-state index in [1.165, 1.54) is 69.8 Å². The van der Waals surface area contributed by atoms with Crippen LogP contribution in [-0.2, 0) is 0 Å². The number of nitrogens with one attached hydrogen (secondary N) is 1. The highest BCUT2D eigenvalue weighted by Crippen LogP contribution is 2.48. The Bertz CT molecular complexity index is 401. The molecule has 0 aliphatic carbocycles. The fourth-order valence-corrected chi connectivity index (χ4v) is 11.9. The molecule has 0 saturated carbocycles. The Hall–Kier alpha value is 2.41. The fourth-order valence-electron chi connectivity index (χ4n) is 2.70. The second-order valence-corrected chi connectivity index (χ2v) is 16.6. The SMILES string of the molecule is C[C@]1(CSCC(CSCC2CN2)(CSCC2CS2)CSC[C@H]2CS2)CS1. The van der Waals surface area contributed by atoms with E-state index in [1.807, 2.05) is 0 Å². The third-order valence-corrected chi connectivity index (χ3v) is 14.9. The molecule has 4 rings (SSSR count). The molecule has 0 aromatic heterocycles. The van der Waals surface area contributed by atoms with Crippen molar-refractivity contribution in [1.29, 1.82) is 0 Å². The Labute approximate surface area is 189 Å². The largest absolute Gasteiger partial charge is 0.310 e. The van der Waals surface area contributed by atoms with Gasteiger partial charge in [0.25, 0.3) is 0 Å². The van der Waals surface area contributed by atoms with Gasteiger partial charge in [-0.2, -0.15) is 82.3 Å². The standard InChI is InChI=1S/C18H31NS7/c1-17(9-26-17)8-23-13-18(10-20-3-14-2-19-14,11-21-4-15-6-24-15)12-22-5-16-7-25-16/h14-16,19H,2-13H2,1H3/t14?,15-,16?,17-,18?/m0/s1. The number of hydrogen-bond donors (Lipinski definition) is 1. The van der Waals surface area contributed by atoms with Gasteiger partial charge in [-0.15, -0.1) is 0 Å². The van der Waals surface area contributed by atoms with E-state index in [1.54, 1.807) is 0 Å². The molecular formula is C18H31NS7. The summed E-state index contributed by atoms with van der Waals surface area (Å²) >= 11 is 15.5. The van der Waals surface area contributed by atoms with Gasteiger partial charge in [0.1, 0.15) is 0 Å². The molecule has 0 bridgehead atoms. The number of rotatable bonds is 16. The van der Waals surface area contributed by atoms with E-state index < -0.39 is 0 Å². The zero-order valence-corrected chi connectivity index (χ0v) is 21.3. The van der Waals surface area contributed by atoms with Crippen LogP contribution in [-0.4, -0.2) is 91.1 Å². The van der Waals surface area contributed by atoms with Gasteiger partial charge in [0.15, 0.2) is 0 Å². The van der Waals surface area contributed by atoms with Gasteiger partial charge in [0.2, 0.25) is 0 Å². The first-order valence-electron chi connectivity index (χ1n) is 9.56. The predicted octanol–water partition coefficient (Wildman–Crippen LogP) is 4.61. The zero-order valence-electron chi connectivity index (χ0n) is 15.6. The Kier molecular flexibility index (Phi) is 8.44. The van der Waals surface area contributed by atoms with Crippen molar-refractivity contribution >= 4 is 82.3 Å². The zero-order chi connectivity index (χ0) is 17.9. The molecule has 0 amide bonds. The maximum Gasteiger partial charge on any atom is 0.0313 e. The minimum atomic E-state index is 0.536. The van der Waals surface area contributed by atoms with Crippen molar-refractivity contribution < 1.29 is 0 Å². The molecule has 4 fully saturated rings. The summed E-state index contributed by atoms with van der Waals surface area (Å²) in [4.78, 5) is 0. The molecule has 4 heterocycles. The number of hydrogen-bond acceptors (Lipinski definition) is 8. The van der Waals surface area contributed by atoms with Crippen LogP contribution in [0.1, 0.15) is 6.92 Å². The normalized spacial score (nSPS) is 36.6. The molecule has 1 nitrogen and oxygen atoms in total. The maximum atomic E-state index is 3.48. The van der Waals surface area contributed by atoms with E-state index in [9.17, 15) is 0 Å². The summed E-state index contributed by atoms with van der Waals surface area (Å²) < 4.78 is 0.608. The first-order valence-corrected chi connectivity index (χ1v) is 17.3. The maximum absolute atomic E-state index is 3.48. The lowest BCUT2D eigenvalue weighted by atomic mass is 9.99. The molecule has 0 spiro atoms. The summed E-state index contributed by atoms with van der Waals surface area (Å²) in [6.07, 6.45) is 0. The van der Waals surface area contributed by atoms with Crippen LogP contribution in [0.4, 0.5) is 0 Å². The molecule has 4 aliphatic rings. The van der Waals surface area contributed by atoms with E-state index in [2.05, 4.69) is 94.6 Å². The highest BCUT2D eigenvalue weighted by atomic mass is 32.2. The van der Waals surface area contributed by atoms with Gasteiger partial charge < -0.3 is 5.32 Å². The van der Waals surface area contributed by atoms with Crippen LogP contribution in [0, 0.1) is 5.41 Å². The summed E-state index contributed by atoms with van der Waals surface area (Å²) in [5.74, 6) is 15.2. The molecule has 0 aromatic rings. The van der Waals surface area contributed by atoms with Crippen LogP contribution in [0.25, 0.3) is 0 Å². The minimum absolute atomic E-state index is 0.536. The van der Waals surface area contributed by atoms with Gasteiger partial charge in [0.05, 0.1) is 0 Å². The van der Waals surface area contributed by atoms with Gasteiger partial charge in [-0.3, -0.25) is 0 Å². The van der Waals surface area contributed by atoms with E-state index in [0.29, 0.717) is 10.2 Å². The van der Waals surface area contributed by atoms with Crippen molar-refractivity contribution in [2.75, 3.05) is 69.8 Å². The van der Waals surface area contributed by atoms with Crippen LogP contribution in [0.15, 0.2) is 0 Å². The first kappa shape index (κ1) is 21.6. The van der Waals surface area contributed by atoms with E-state index in [4.69, 9.17) is 0 Å². The average Bonchev–Trinajstić information content (AvgIpc) is 3.41. The summed E-state index contributed by atoms with van der Waals surface area (Å²) in [6.45, 7) is 3.71. The quantitative estimate of drug-likeness (QED) is 0.316.